The highest BCUT2D eigenvalue weighted by Gasteiger charge is 2.27. The number of rotatable bonds is 2. The Morgan fingerprint density at radius 1 is 1.69 bits per heavy atom. The third-order valence-corrected chi connectivity index (χ3v) is 1.91. The molecule has 78 valence electrons. The van der Waals surface area contributed by atoms with Gasteiger partial charge in [-0.05, 0) is 13.8 Å². The summed E-state index contributed by atoms with van der Waals surface area (Å²) in [7, 11) is 0. The third kappa shape index (κ3) is 4.45. The molecule has 2 N–H and O–H groups in total. The number of ether oxygens (including phenoxy) is 1. The topological polar surface area (TPSA) is 58.6 Å². The predicted octanol–water partition coefficient (Wildman–Crippen LogP) is 0.650. The van der Waals surface area contributed by atoms with E-state index >= 15 is 0 Å². The Morgan fingerprint density at radius 3 is 2.69 bits per heavy atom. The van der Waals surface area contributed by atoms with Gasteiger partial charge >= 0.3 is 5.97 Å². The number of carbonyl (C=O) groups is 1. The Balaban J connectivity index is 0.00000144. The lowest BCUT2D eigenvalue weighted by Crippen LogP contribution is -2.52. The number of hydrogen-bond donors (Lipinski definition) is 2. The fourth-order valence-corrected chi connectivity index (χ4v) is 1.17. The Bertz CT molecular complexity index is 174. The molecule has 0 saturated carbocycles. The highest BCUT2D eigenvalue weighted by atomic mass is 35.5. The number of hydrogen-bond acceptors (Lipinski definition) is 3. The van der Waals surface area contributed by atoms with Crippen LogP contribution in [0.2, 0.25) is 0 Å². The Kier molecular flexibility index (Phi) is 4.67. The van der Waals surface area contributed by atoms with Crippen molar-refractivity contribution in [3.8, 4) is 0 Å². The van der Waals surface area contributed by atoms with Crippen molar-refractivity contribution in [1.29, 1.82) is 0 Å². The van der Waals surface area contributed by atoms with E-state index in [9.17, 15) is 4.79 Å². The molecule has 1 aliphatic rings. The molecule has 1 heterocycles. The average Bonchev–Trinajstić information content (AvgIpc) is 1.93. The zero-order chi connectivity index (χ0) is 9.19. The predicted molar refractivity (Wildman–Crippen MR) is 51.3 cm³/mol. The summed E-state index contributed by atoms with van der Waals surface area (Å²) in [4.78, 5) is 10.3. The molecule has 1 fully saturated rings. The normalized spacial score (nSPS) is 26.2. The van der Waals surface area contributed by atoms with E-state index in [4.69, 9.17) is 9.84 Å². The zero-order valence-electron chi connectivity index (χ0n) is 7.87. The molecule has 0 bridgehead atoms. The average molecular weight is 210 g/mol. The number of halogens is 1. The van der Waals surface area contributed by atoms with Gasteiger partial charge in [0.05, 0.1) is 18.6 Å². The number of morpholine rings is 1. The lowest BCUT2D eigenvalue weighted by molar-refractivity contribution is -0.139. The van der Waals surface area contributed by atoms with Crippen LogP contribution in [0.15, 0.2) is 0 Å². The summed E-state index contributed by atoms with van der Waals surface area (Å²) in [6, 6.07) is -0.0319. The molecule has 0 aromatic carbocycles. The maximum atomic E-state index is 10.3. The quantitative estimate of drug-likeness (QED) is 0.701. The lowest BCUT2D eigenvalue weighted by atomic mass is 10.1. The Hall–Kier alpha value is -0.320. The van der Waals surface area contributed by atoms with E-state index in [1.165, 1.54) is 0 Å². The fourth-order valence-electron chi connectivity index (χ4n) is 1.17. The number of aliphatic carboxylic acids is 1. The van der Waals surface area contributed by atoms with Crippen molar-refractivity contribution in [2.24, 2.45) is 0 Å². The van der Waals surface area contributed by atoms with Gasteiger partial charge in [0, 0.05) is 12.6 Å². The van der Waals surface area contributed by atoms with E-state index in [0.29, 0.717) is 13.2 Å². The van der Waals surface area contributed by atoms with Crippen LogP contribution in [0, 0.1) is 0 Å². The molecule has 1 atom stereocenters. The molecule has 0 aromatic rings. The Morgan fingerprint density at radius 2 is 2.31 bits per heavy atom. The summed E-state index contributed by atoms with van der Waals surface area (Å²) in [5, 5.41) is 11.6. The molecule has 0 spiro atoms. The number of carboxylic acids is 1. The van der Waals surface area contributed by atoms with E-state index in [-0.39, 0.29) is 30.5 Å². The maximum absolute atomic E-state index is 10.3. The number of carboxylic acid groups (broad SMARTS) is 1. The zero-order valence-corrected chi connectivity index (χ0v) is 8.69. The summed E-state index contributed by atoms with van der Waals surface area (Å²) < 4.78 is 5.45. The van der Waals surface area contributed by atoms with Gasteiger partial charge in [-0.2, -0.15) is 0 Å². The van der Waals surface area contributed by atoms with Gasteiger partial charge in [-0.25, -0.2) is 0 Å². The van der Waals surface area contributed by atoms with Crippen LogP contribution in [0.25, 0.3) is 0 Å². The second-order valence-electron chi connectivity index (χ2n) is 3.75. The van der Waals surface area contributed by atoms with E-state index in [0.717, 1.165) is 0 Å². The molecular weight excluding hydrogens is 194 g/mol. The van der Waals surface area contributed by atoms with Crippen LogP contribution in [0.3, 0.4) is 0 Å². The molecule has 1 unspecified atom stereocenters. The van der Waals surface area contributed by atoms with Crippen LogP contribution in [-0.4, -0.2) is 35.9 Å². The van der Waals surface area contributed by atoms with Crippen molar-refractivity contribution in [1.82, 2.24) is 5.32 Å². The molecular formula is C8H16ClNO3. The minimum absolute atomic E-state index is 0. The van der Waals surface area contributed by atoms with Gasteiger partial charge in [0.1, 0.15) is 0 Å². The highest BCUT2D eigenvalue weighted by Crippen LogP contribution is 2.14. The molecule has 1 aliphatic heterocycles. The van der Waals surface area contributed by atoms with Crippen molar-refractivity contribution >= 4 is 18.4 Å². The molecule has 0 radical (unpaired) electrons. The summed E-state index contributed by atoms with van der Waals surface area (Å²) in [6.07, 6.45) is 0.135. The van der Waals surface area contributed by atoms with Crippen molar-refractivity contribution in [3.05, 3.63) is 0 Å². The second-order valence-corrected chi connectivity index (χ2v) is 3.75. The van der Waals surface area contributed by atoms with Crippen LogP contribution in [-0.2, 0) is 9.53 Å². The first-order valence-electron chi connectivity index (χ1n) is 4.09. The van der Waals surface area contributed by atoms with Crippen LogP contribution < -0.4 is 5.32 Å². The van der Waals surface area contributed by atoms with Crippen LogP contribution in [0.1, 0.15) is 20.3 Å². The number of nitrogens with one attached hydrogen (secondary N) is 1. The molecule has 0 aromatic heterocycles. The molecule has 1 rings (SSSR count). The van der Waals surface area contributed by atoms with E-state index < -0.39 is 5.97 Å². The van der Waals surface area contributed by atoms with Gasteiger partial charge in [0.25, 0.3) is 0 Å². The van der Waals surface area contributed by atoms with Gasteiger partial charge in [0.15, 0.2) is 0 Å². The summed E-state index contributed by atoms with van der Waals surface area (Å²) in [5.41, 5.74) is -0.158. The van der Waals surface area contributed by atoms with Crippen molar-refractivity contribution in [3.63, 3.8) is 0 Å². The van der Waals surface area contributed by atoms with Crippen molar-refractivity contribution in [2.75, 3.05) is 13.2 Å². The molecule has 13 heavy (non-hydrogen) atoms. The summed E-state index contributed by atoms with van der Waals surface area (Å²) >= 11 is 0. The fraction of sp³-hybridized carbons (Fsp3) is 0.875. The molecule has 1 saturated heterocycles. The van der Waals surface area contributed by atoms with Crippen LogP contribution in [0.4, 0.5) is 0 Å². The van der Waals surface area contributed by atoms with Gasteiger partial charge in [-0.15, -0.1) is 12.4 Å². The summed E-state index contributed by atoms with van der Waals surface area (Å²) in [6.45, 7) is 5.16. The SMILES string of the molecule is CC1(C)CNC(CC(=O)O)CO1.Cl. The Labute approximate surface area is 84.1 Å². The second kappa shape index (κ2) is 4.79. The smallest absolute Gasteiger partial charge is 0.305 e. The summed E-state index contributed by atoms with van der Waals surface area (Å²) in [5.74, 6) is -0.782. The van der Waals surface area contributed by atoms with Crippen molar-refractivity contribution < 1.29 is 14.6 Å². The largest absolute Gasteiger partial charge is 0.481 e. The van der Waals surface area contributed by atoms with Crippen molar-refractivity contribution in [2.45, 2.75) is 31.9 Å². The van der Waals surface area contributed by atoms with Crippen LogP contribution >= 0.6 is 12.4 Å². The van der Waals surface area contributed by atoms with Crippen LogP contribution in [0.5, 0.6) is 0 Å². The van der Waals surface area contributed by atoms with Gasteiger partial charge in [-0.3, -0.25) is 4.79 Å². The monoisotopic (exact) mass is 209 g/mol. The molecule has 0 aliphatic carbocycles. The molecule has 0 amide bonds. The van der Waals surface area contributed by atoms with E-state index in [1.807, 2.05) is 13.8 Å². The van der Waals surface area contributed by atoms with Gasteiger partial charge in [0.2, 0.25) is 0 Å². The van der Waals surface area contributed by atoms with Gasteiger partial charge < -0.3 is 15.2 Å². The van der Waals surface area contributed by atoms with E-state index in [2.05, 4.69) is 5.32 Å². The third-order valence-electron chi connectivity index (χ3n) is 1.91. The first-order valence-corrected chi connectivity index (χ1v) is 4.09. The molecule has 5 heteroatoms. The minimum Gasteiger partial charge on any atom is -0.481 e. The standard InChI is InChI=1S/C8H15NO3.ClH/c1-8(2)5-9-6(4-12-8)3-7(10)11;/h6,9H,3-5H2,1-2H3,(H,10,11);1H. The van der Waals surface area contributed by atoms with Gasteiger partial charge in [-0.1, -0.05) is 0 Å². The highest BCUT2D eigenvalue weighted by molar-refractivity contribution is 5.85. The lowest BCUT2D eigenvalue weighted by Gasteiger charge is -2.35. The molecule has 4 nitrogen and oxygen atoms in total. The van der Waals surface area contributed by atoms with E-state index in [1.54, 1.807) is 0 Å². The first-order chi connectivity index (χ1) is 5.49. The minimum atomic E-state index is -0.782. The maximum Gasteiger partial charge on any atom is 0.305 e. The first kappa shape index (κ1) is 12.7.